The van der Waals surface area contributed by atoms with Gasteiger partial charge in [0.05, 0.1) is 17.2 Å². The second-order valence-corrected chi connectivity index (χ2v) is 4.67. The Kier molecular flexibility index (Phi) is 5.36. The first-order chi connectivity index (χ1) is 9.57. The molecule has 1 aromatic carbocycles. The van der Waals surface area contributed by atoms with Gasteiger partial charge in [0.1, 0.15) is 0 Å². The molecule has 0 aliphatic rings. The maximum absolute atomic E-state index is 12.7. The summed E-state index contributed by atoms with van der Waals surface area (Å²) < 4.78 is 75.9. The Hall–Kier alpha value is -1.60. The third kappa shape index (κ3) is 5.02. The topological polar surface area (TPSA) is 29.4 Å². The molecular formula is C13H13F6NO. The van der Waals surface area contributed by atoms with E-state index in [9.17, 15) is 31.2 Å². The van der Waals surface area contributed by atoms with Crippen molar-refractivity contribution in [1.82, 2.24) is 0 Å². The van der Waals surface area contributed by atoms with Crippen LogP contribution in [0.5, 0.6) is 0 Å². The molecule has 2 nitrogen and oxygen atoms in total. The van der Waals surface area contributed by atoms with Gasteiger partial charge in [-0.1, -0.05) is 18.5 Å². The largest absolute Gasteiger partial charge is 0.416 e. The van der Waals surface area contributed by atoms with Crippen LogP contribution in [0.25, 0.3) is 0 Å². The maximum Gasteiger partial charge on any atom is 0.416 e. The van der Waals surface area contributed by atoms with Crippen molar-refractivity contribution < 1.29 is 26.3 Å². The van der Waals surface area contributed by atoms with Crippen LogP contribution in [-0.4, -0.2) is 6.04 Å². The van der Waals surface area contributed by atoms with Crippen molar-refractivity contribution in [3.8, 4) is 0 Å². The lowest BCUT2D eigenvalue weighted by atomic mass is 9.98. The Bertz CT molecular complexity index is 462. The standard InChI is InChI=1S/C13H13F6NO/c1-2-3-11(20-21)6-8-4-9(12(14,15)16)7-10(5-8)13(17,18)19/h4-5,7,11H,2-3,6H2,1H3. The average Bonchev–Trinajstić information content (AvgIpc) is 2.35. The van der Waals surface area contributed by atoms with E-state index in [2.05, 4.69) is 5.18 Å². The molecule has 1 rings (SSSR count). The molecule has 0 fully saturated rings. The number of benzene rings is 1. The molecule has 0 saturated heterocycles. The van der Waals surface area contributed by atoms with Crippen molar-refractivity contribution in [2.45, 2.75) is 44.6 Å². The number of rotatable bonds is 5. The van der Waals surface area contributed by atoms with Crippen LogP contribution in [0, 0.1) is 4.91 Å². The molecule has 1 atom stereocenters. The summed E-state index contributed by atoms with van der Waals surface area (Å²) in [6.45, 7) is 1.74. The minimum atomic E-state index is -4.88. The molecule has 0 amide bonds. The van der Waals surface area contributed by atoms with E-state index in [-0.39, 0.29) is 18.1 Å². The first-order valence-electron chi connectivity index (χ1n) is 6.18. The zero-order valence-electron chi connectivity index (χ0n) is 11.1. The fourth-order valence-electron chi connectivity index (χ4n) is 1.93. The molecule has 1 unspecified atom stereocenters. The lowest BCUT2D eigenvalue weighted by molar-refractivity contribution is -0.143. The third-order valence-electron chi connectivity index (χ3n) is 2.89. The Morgan fingerprint density at radius 2 is 1.48 bits per heavy atom. The summed E-state index contributed by atoms with van der Waals surface area (Å²) in [7, 11) is 0. The normalized spacial score (nSPS) is 14.0. The van der Waals surface area contributed by atoms with E-state index in [4.69, 9.17) is 0 Å². The van der Waals surface area contributed by atoms with Crippen LogP contribution in [-0.2, 0) is 18.8 Å². The van der Waals surface area contributed by atoms with Crippen LogP contribution >= 0.6 is 0 Å². The van der Waals surface area contributed by atoms with Crippen LogP contribution in [0.1, 0.15) is 36.5 Å². The summed E-state index contributed by atoms with van der Waals surface area (Å²) >= 11 is 0. The number of hydrogen-bond acceptors (Lipinski definition) is 2. The molecule has 21 heavy (non-hydrogen) atoms. The smallest absolute Gasteiger partial charge is 0.166 e. The molecule has 0 spiro atoms. The van der Waals surface area contributed by atoms with Crippen LogP contribution in [0.3, 0.4) is 0 Å². The van der Waals surface area contributed by atoms with Crippen LogP contribution in [0.15, 0.2) is 23.4 Å². The minimum absolute atomic E-state index is 0.0622. The maximum atomic E-state index is 12.7. The van der Waals surface area contributed by atoms with Gasteiger partial charge in [-0.25, -0.2) is 0 Å². The first-order valence-corrected chi connectivity index (χ1v) is 6.18. The number of hydrogen-bond donors (Lipinski definition) is 0. The Morgan fingerprint density at radius 3 is 1.81 bits per heavy atom. The Morgan fingerprint density at radius 1 is 1.00 bits per heavy atom. The molecule has 0 N–H and O–H groups in total. The second-order valence-electron chi connectivity index (χ2n) is 4.67. The lowest BCUT2D eigenvalue weighted by Crippen LogP contribution is -2.14. The molecular weight excluding hydrogens is 300 g/mol. The summed E-state index contributed by atoms with van der Waals surface area (Å²) in [4.78, 5) is 10.6. The van der Waals surface area contributed by atoms with Gasteiger partial charge < -0.3 is 0 Å². The fourth-order valence-corrected chi connectivity index (χ4v) is 1.93. The van der Waals surface area contributed by atoms with E-state index in [1.54, 1.807) is 6.92 Å². The number of nitroso groups, excluding NO2 is 1. The van der Waals surface area contributed by atoms with Crippen molar-refractivity contribution in [2.75, 3.05) is 0 Å². The Labute approximate surface area is 117 Å². The molecule has 0 heterocycles. The zero-order valence-corrected chi connectivity index (χ0v) is 11.1. The second kappa shape index (κ2) is 6.44. The summed E-state index contributed by atoms with van der Waals surface area (Å²) in [5.41, 5.74) is -2.96. The Balaban J connectivity index is 3.22. The predicted molar refractivity (Wildman–Crippen MR) is 64.6 cm³/mol. The van der Waals surface area contributed by atoms with Gasteiger partial charge in [-0.15, -0.1) is 0 Å². The van der Waals surface area contributed by atoms with Gasteiger partial charge >= 0.3 is 12.4 Å². The number of halogens is 6. The van der Waals surface area contributed by atoms with Crippen molar-refractivity contribution in [2.24, 2.45) is 5.18 Å². The van der Waals surface area contributed by atoms with Crippen molar-refractivity contribution in [1.29, 1.82) is 0 Å². The molecule has 0 aliphatic heterocycles. The SMILES string of the molecule is CCCC(Cc1cc(C(F)(F)F)cc(C(F)(F)F)c1)N=O. The molecule has 0 aliphatic carbocycles. The van der Waals surface area contributed by atoms with Crippen LogP contribution in [0.2, 0.25) is 0 Å². The van der Waals surface area contributed by atoms with Crippen LogP contribution < -0.4 is 0 Å². The minimum Gasteiger partial charge on any atom is -0.166 e. The van der Waals surface area contributed by atoms with Gasteiger partial charge in [-0.3, -0.25) is 0 Å². The van der Waals surface area contributed by atoms with E-state index in [1.165, 1.54) is 0 Å². The van der Waals surface area contributed by atoms with Gasteiger partial charge in [0.15, 0.2) is 0 Å². The van der Waals surface area contributed by atoms with Gasteiger partial charge in [-0.05, 0) is 36.6 Å². The van der Waals surface area contributed by atoms with E-state index in [1.807, 2.05) is 0 Å². The quantitative estimate of drug-likeness (QED) is 0.542. The van der Waals surface area contributed by atoms with Gasteiger partial charge in [0.2, 0.25) is 0 Å². The highest BCUT2D eigenvalue weighted by atomic mass is 19.4. The average molecular weight is 313 g/mol. The molecule has 0 radical (unpaired) electrons. The molecule has 0 aromatic heterocycles. The van der Waals surface area contributed by atoms with E-state index < -0.39 is 29.5 Å². The first kappa shape index (κ1) is 17.5. The summed E-state index contributed by atoms with van der Waals surface area (Å²) in [6.07, 6.45) is -9.15. The highest BCUT2D eigenvalue weighted by molar-refractivity contribution is 5.34. The monoisotopic (exact) mass is 313 g/mol. The van der Waals surface area contributed by atoms with Gasteiger partial charge in [0, 0.05) is 0 Å². The number of alkyl halides is 6. The molecule has 0 bridgehead atoms. The number of nitrogens with zero attached hydrogens (tertiary/aromatic N) is 1. The van der Waals surface area contributed by atoms with E-state index in [0.717, 1.165) is 0 Å². The molecule has 8 heteroatoms. The lowest BCUT2D eigenvalue weighted by Gasteiger charge is -2.15. The molecule has 1 aromatic rings. The van der Waals surface area contributed by atoms with Gasteiger partial charge in [0.25, 0.3) is 0 Å². The predicted octanol–water partition coefficient (Wildman–Crippen LogP) is 5.20. The summed E-state index contributed by atoms with van der Waals surface area (Å²) in [6, 6.07) is 0.485. The zero-order chi connectivity index (χ0) is 16.3. The van der Waals surface area contributed by atoms with Crippen molar-refractivity contribution in [3.05, 3.63) is 39.8 Å². The summed E-state index contributed by atoms with van der Waals surface area (Å²) in [5, 5.41) is 2.74. The molecule has 0 saturated carbocycles. The van der Waals surface area contributed by atoms with E-state index in [0.29, 0.717) is 25.0 Å². The van der Waals surface area contributed by atoms with Gasteiger partial charge in [-0.2, -0.15) is 31.2 Å². The third-order valence-corrected chi connectivity index (χ3v) is 2.89. The van der Waals surface area contributed by atoms with Crippen molar-refractivity contribution >= 4 is 0 Å². The fraction of sp³-hybridized carbons (Fsp3) is 0.538. The summed E-state index contributed by atoms with van der Waals surface area (Å²) in [5.74, 6) is 0. The highest BCUT2D eigenvalue weighted by Gasteiger charge is 2.37. The van der Waals surface area contributed by atoms with E-state index >= 15 is 0 Å². The highest BCUT2D eigenvalue weighted by Crippen LogP contribution is 2.36. The molecule has 118 valence electrons. The van der Waals surface area contributed by atoms with Crippen LogP contribution in [0.4, 0.5) is 26.3 Å². The van der Waals surface area contributed by atoms with Crippen molar-refractivity contribution in [3.63, 3.8) is 0 Å².